The first kappa shape index (κ1) is 14.2. The topological polar surface area (TPSA) is 43.1 Å². The van der Waals surface area contributed by atoms with Crippen LogP contribution in [0.4, 0.5) is 4.39 Å². The van der Waals surface area contributed by atoms with Crippen molar-refractivity contribution >= 4 is 5.78 Å². The number of rotatable bonds is 3. The summed E-state index contributed by atoms with van der Waals surface area (Å²) in [4.78, 5) is 12.8. The van der Waals surface area contributed by atoms with Gasteiger partial charge in [-0.2, -0.15) is 0 Å². The predicted molar refractivity (Wildman–Crippen MR) is 74.6 cm³/mol. The lowest BCUT2D eigenvalue weighted by Gasteiger charge is -2.37. The average molecular weight is 263 g/mol. The quantitative estimate of drug-likeness (QED) is 0.848. The predicted octanol–water partition coefficient (Wildman–Crippen LogP) is 3.47. The van der Waals surface area contributed by atoms with Gasteiger partial charge in [0.05, 0.1) is 0 Å². The number of halogens is 1. The van der Waals surface area contributed by atoms with Crippen LogP contribution in [0.2, 0.25) is 0 Å². The molecule has 1 saturated carbocycles. The summed E-state index contributed by atoms with van der Waals surface area (Å²) < 4.78 is 13.1. The average Bonchev–Trinajstić information content (AvgIpc) is 2.39. The van der Waals surface area contributed by atoms with Gasteiger partial charge in [-0.05, 0) is 62.3 Å². The lowest BCUT2D eigenvalue weighted by molar-refractivity contribution is 0.0694. The van der Waals surface area contributed by atoms with Crippen LogP contribution in [0.5, 0.6) is 0 Å². The molecule has 0 unspecified atom stereocenters. The molecular weight excluding hydrogens is 241 g/mol. The van der Waals surface area contributed by atoms with Crippen molar-refractivity contribution in [3.8, 4) is 0 Å². The highest BCUT2D eigenvalue weighted by Crippen LogP contribution is 2.41. The number of Topliss-reactive ketones (excluding diaryl/α,β-unsaturated/α-hetero) is 1. The zero-order valence-electron chi connectivity index (χ0n) is 11.7. The van der Waals surface area contributed by atoms with Crippen molar-refractivity contribution in [2.75, 3.05) is 6.54 Å². The first-order valence-electron chi connectivity index (χ1n) is 6.99. The van der Waals surface area contributed by atoms with Gasteiger partial charge < -0.3 is 5.73 Å². The minimum Gasteiger partial charge on any atom is -0.329 e. The molecule has 0 saturated heterocycles. The second kappa shape index (κ2) is 5.41. The fourth-order valence-electron chi connectivity index (χ4n) is 3.01. The molecule has 3 heteroatoms. The van der Waals surface area contributed by atoms with Crippen LogP contribution in [-0.4, -0.2) is 12.3 Å². The summed E-state index contributed by atoms with van der Waals surface area (Å²) in [6.07, 6.45) is 3.78. The number of nitrogens with two attached hydrogens (primary N) is 1. The Hall–Kier alpha value is -1.22. The lowest BCUT2D eigenvalue weighted by atomic mass is 9.66. The Labute approximate surface area is 114 Å². The van der Waals surface area contributed by atoms with Gasteiger partial charge in [0.25, 0.3) is 0 Å². The summed E-state index contributed by atoms with van der Waals surface area (Å²) >= 11 is 0. The van der Waals surface area contributed by atoms with Crippen LogP contribution in [0.25, 0.3) is 0 Å². The molecular formula is C16H22FNO. The summed E-state index contributed by atoms with van der Waals surface area (Å²) in [5.41, 5.74) is 6.80. The second-order valence-electron chi connectivity index (χ2n) is 5.96. The van der Waals surface area contributed by atoms with E-state index in [1.54, 1.807) is 13.0 Å². The van der Waals surface area contributed by atoms with Crippen molar-refractivity contribution in [3.05, 3.63) is 35.1 Å². The highest BCUT2D eigenvalue weighted by molar-refractivity contribution is 6.02. The summed E-state index contributed by atoms with van der Waals surface area (Å²) in [5, 5.41) is 0. The van der Waals surface area contributed by atoms with Gasteiger partial charge in [0.1, 0.15) is 5.82 Å². The van der Waals surface area contributed by atoms with Crippen LogP contribution in [-0.2, 0) is 0 Å². The summed E-state index contributed by atoms with van der Waals surface area (Å²) in [6.45, 7) is 4.38. The lowest BCUT2D eigenvalue weighted by Crippen LogP contribution is -2.41. The summed E-state index contributed by atoms with van der Waals surface area (Å²) in [6, 6.07) is 4.38. The normalized spacial score (nSPS) is 27.3. The summed E-state index contributed by atoms with van der Waals surface area (Å²) in [5.74, 6) is 0.467. The molecule has 0 bridgehead atoms. The van der Waals surface area contributed by atoms with Gasteiger partial charge in [-0.1, -0.05) is 6.92 Å². The van der Waals surface area contributed by atoms with Crippen molar-refractivity contribution in [3.63, 3.8) is 0 Å². The molecule has 0 radical (unpaired) electrons. The molecule has 104 valence electrons. The van der Waals surface area contributed by atoms with E-state index in [0.29, 0.717) is 23.6 Å². The number of hydrogen-bond acceptors (Lipinski definition) is 2. The van der Waals surface area contributed by atoms with Crippen LogP contribution in [0.3, 0.4) is 0 Å². The van der Waals surface area contributed by atoms with Crippen molar-refractivity contribution in [2.45, 2.75) is 39.5 Å². The fraction of sp³-hybridized carbons (Fsp3) is 0.562. The fourth-order valence-corrected chi connectivity index (χ4v) is 3.01. The van der Waals surface area contributed by atoms with Gasteiger partial charge >= 0.3 is 0 Å². The van der Waals surface area contributed by atoms with Crippen LogP contribution in [0.15, 0.2) is 18.2 Å². The van der Waals surface area contributed by atoms with E-state index < -0.39 is 5.41 Å². The van der Waals surface area contributed by atoms with Crippen LogP contribution in [0, 0.1) is 24.1 Å². The van der Waals surface area contributed by atoms with E-state index in [2.05, 4.69) is 6.92 Å². The maximum absolute atomic E-state index is 13.1. The Morgan fingerprint density at radius 3 is 2.58 bits per heavy atom. The molecule has 0 aliphatic heterocycles. The molecule has 0 atom stereocenters. The van der Waals surface area contributed by atoms with Crippen LogP contribution >= 0.6 is 0 Å². The molecule has 1 aliphatic carbocycles. The number of carbonyl (C=O) groups excluding carboxylic acids is 1. The monoisotopic (exact) mass is 263 g/mol. The molecule has 1 aromatic carbocycles. The number of benzene rings is 1. The number of ketones is 1. The van der Waals surface area contributed by atoms with Gasteiger partial charge in [-0.3, -0.25) is 4.79 Å². The Morgan fingerprint density at radius 1 is 1.42 bits per heavy atom. The highest BCUT2D eigenvalue weighted by atomic mass is 19.1. The Kier molecular flexibility index (Phi) is 4.04. The van der Waals surface area contributed by atoms with Crippen molar-refractivity contribution in [1.29, 1.82) is 0 Å². The maximum atomic E-state index is 13.1. The molecule has 2 N–H and O–H groups in total. The first-order chi connectivity index (χ1) is 8.98. The van der Waals surface area contributed by atoms with E-state index in [1.807, 2.05) is 0 Å². The van der Waals surface area contributed by atoms with Gasteiger partial charge in [0, 0.05) is 17.5 Å². The van der Waals surface area contributed by atoms with Crippen molar-refractivity contribution in [2.24, 2.45) is 17.1 Å². The Balaban J connectivity index is 2.30. The van der Waals surface area contributed by atoms with Gasteiger partial charge in [-0.15, -0.1) is 0 Å². The minimum atomic E-state index is -0.435. The van der Waals surface area contributed by atoms with Gasteiger partial charge in [-0.25, -0.2) is 4.39 Å². The largest absolute Gasteiger partial charge is 0.329 e. The molecule has 1 aromatic rings. The highest BCUT2D eigenvalue weighted by Gasteiger charge is 2.40. The molecule has 0 aromatic heterocycles. The van der Waals surface area contributed by atoms with Gasteiger partial charge in [0.2, 0.25) is 0 Å². The van der Waals surface area contributed by atoms with Crippen molar-refractivity contribution in [1.82, 2.24) is 0 Å². The molecule has 2 nitrogen and oxygen atoms in total. The molecule has 1 aliphatic rings. The van der Waals surface area contributed by atoms with Crippen LogP contribution < -0.4 is 5.73 Å². The van der Waals surface area contributed by atoms with E-state index in [4.69, 9.17) is 5.73 Å². The van der Waals surface area contributed by atoms with E-state index in [0.717, 1.165) is 25.7 Å². The second-order valence-corrected chi connectivity index (χ2v) is 5.96. The third-order valence-electron chi connectivity index (χ3n) is 4.54. The van der Waals surface area contributed by atoms with E-state index in [1.165, 1.54) is 12.1 Å². The molecule has 1 fully saturated rings. The van der Waals surface area contributed by atoms with E-state index in [9.17, 15) is 9.18 Å². The number of aryl methyl sites for hydroxylation is 1. The zero-order chi connectivity index (χ0) is 14.0. The number of carbonyl (C=O) groups is 1. The maximum Gasteiger partial charge on any atom is 0.170 e. The molecule has 2 rings (SSSR count). The molecule has 0 spiro atoms. The molecule has 19 heavy (non-hydrogen) atoms. The third kappa shape index (κ3) is 2.71. The molecule has 0 amide bonds. The standard InChI is InChI=1S/C16H22FNO/c1-11-5-7-16(10-18,8-6-11)15(19)14-4-3-13(17)9-12(14)2/h3-4,9,11H,5-8,10,18H2,1-2H3. The number of hydrogen-bond donors (Lipinski definition) is 1. The zero-order valence-corrected chi connectivity index (χ0v) is 11.7. The summed E-state index contributed by atoms with van der Waals surface area (Å²) in [7, 11) is 0. The SMILES string of the molecule is Cc1cc(F)ccc1C(=O)C1(CN)CCC(C)CC1. The third-order valence-corrected chi connectivity index (χ3v) is 4.54. The van der Waals surface area contributed by atoms with E-state index in [-0.39, 0.29) is 11.6 Å². The van der Waals surface area contributed by atoms with Crippen molar-refractivity contribution < 1.29 is 9.18 Å². The first-order valence-corrected chi connectivity index (χ1v) is 6.99. The Bertz CT molecular complexity index is 476. The van der Waals surface area contributed by atoms with Gasteiger partial charge in [0.15, 0.2) is 5.78 Å². The Morgan fingerprint density at radius 2 is 2.05 bits per heavy atom. The minimum absolute atomic E-state index is 0.0967. The molecule has 0 heterocycles. The smallest absolute Gasteiger partial charge is 0.170 e. The van der Waals surface area contributed by atoms with E-state index >= 15 is 0 Å². The van der Waals surface area contributed by atoms with Crippen LogP contribution in [0.1, 0.15) is 48.5 Å².